The summed E-state index contributed by atoms with van der Waals surface area (Å²) in [6.07, 6.45) is 0. The number of nitrogens with zero attached hydrogens (tertiary/aromatic N) is 1. The molecule has 100 valence electrons. The molecule has 0 aliphatic carbocycles. The standard InChI is InChI=1S/C13H19NO3S/c1-17-10-8-14(7-9-15)13(16)11-18-12-5-3-2-4-6-12/h2-6,15H,7-11H2,1H3. The Hall–Kier alpha value is -1.04. The van der Waals surface area contributed by atoms with E-state index in [0.29, 0.717) is 25.4 Å². The highest BCUT2D eigenvalue weighted by Gasteiger charge is 2.12. The molecule has 0 heterocycles. The Labute approximate surface area is 112 Å². The van der Waals surface area contributed by atoms with Gasteiger partial charge in [-0.2, -0.15) is 0 Å². The number of hydrogen-bond donors (Lipinski definition) is 1. The summed E-state index contributed by atoms with van der Waals surface area (Å²) in [6.45, 7) is 1.34. The highest BCUT2D eigenvalue weighted by molar-refractivity contribution is 8.00. The van der Waals surface area contributed by atoms with E-state index in [4.69, 9.17) is 9.84 Å². The van der Waals surface area contributed by atoms with Gasteiger partial charge in [0.2, 0.25) is 5.91 Å². The fourth-order valence-corrected chi connectivity index (χ4v) is 2.26. The van der Waals surface area contributed by atoms with Gasteiger partial charge in [0, 0.05) is 25.1 Å². The molecule has 0 aliphatic rings. The third kappa shape index (κ3) is 5.53. The van der Waals surface area contributed by atoms with Gasteiger partial charge in [0.15, 0.2) is 0 Å². The molecule has 1 N–H and O–H groups in total. The van der Waals surface area contributed by atoms with Crippen molar-refractivity contribution in [2.75, 3.05) is 39.2 Å². The summed E-state index contributed by atoms with van der Waals surface area (Å²) in [5.41, 5.74) is 0. The van der Waals surface area contributed by atoms with E-state index in [1.807, 2.05) is 30.3 Å². The van der Waals surface area contributed by atoms with E-state index < -0.39 is 0 Å². The Balaban J connectivity index is 2.40. The monoisotopic (exact) mass is 269 g/mol. The number of benzene rings is 1. The first kappa shape index (κ1) is 15.0. The van der Waals surface area contributed by atoms with Gasteiger partial charge in [-0.25, -0.2) is 0 Å². The molecule has 0 bridgehead atoms. The molecule has 0 spiro atoms. The summed E-state index contributed by atoms with van der Waals surface area (Å²) in [6, 6.07) is 9.79. The molecule has 5 heteroatoms. The number of aliphatic hydroxyl groups excluding tert-OH is 1. The zero-order valence-electron chi connectivity index (χ0n) is 10.5. The number of ether oxygens (including phenoxy) is 1. The lowest BCUT2D eigenvalue weighted by Crippen LogP contribution is -2.37. The minimum absolute atomic E-state index is 0.0224. The zero-order chi connectivity index (χ0) is 13.2. The molecule has 1 rings (SSSR count). The van der Waals surface area contributed by atoms with Crippen molar-refractivity contribution >= 4 is 17.7 Å². The maximum absolute atomic E-state index is 12.0. The maximum Gasteiger partial charge on any atom is 0.233 e. The molecule has 1 aromatic rings. The number of hydrogen-bond acceptors (Lipinski definition) is 4. The van der Waals surface area contributed by atoms with E-state index in [1.165, 1.54) is 11.8 Å². The highest BCUT2D eigenvalue weighted by Crippen LogP contribution is 2.17. The normalized spacial score (nSPS) is 10.3. The number of aliphatic hydroxyl groups is 1. The second kappa shape index (κ2) is 8.97. The third-order valence-corrected chi connectivity index (χ3v) is 3.39. The van der Waals surface area contributed by atoms with Crippen LogP contribution in [0.3, 0.4) is 0 Å². The number of rotatable bonds is 8. The van der Waals surface area contributed by atoms with Crippen LogP contribution in [-0.4, -0.2) is 55.1 Å². The van der Waals surface area contributed by atoms with Gasteiger partial charge in [-0.1, -0.05) is 18.2 Å². The van der Waals surface area contributed by atoms with Crippen molar-refractivity contribution in [2.45, 2.75) is 4.90 Å². The molecule has 0 aliphatic heterocycles. The zero-order valence-corrected chi connectivity index (χ0v) is 11.4. The summed E-state index contributed by atoms with van der Waals surface area (Å²) < 4.78 is 4.95. The van der Waals surface area contributed by atoms with Crippen LogP contribution in [0.4, 0.5) is 0 Å². The highest BCUT2D eigenvalue weighted by atomic mass is 32.2. The van der Waals surface area contributed by atoms with E-state index in [-0.39, 0.29) is 12.5 Å². The van der Waals surface area contributed by atoms with Gasteiger partial charge >= 0.3 is 0 Å². The SMILES string of the molecule is COCCN(CCO)C(=O)CSc1ccccc1. The smallest absolute Gasteiger partial charge is 0.233 e. The Kier molecular flexibility index (Phi) is 7.48. The lowest BCUT2D eigenvalue weighted by atomic mass is 10.4. The first-order valence-corrected chi connectivity index (χ1v) is 6.82. The fourth-order valence-electron chi connectivity index (χ4n) is 1.44. The molecule has 0 aromatic heterocycles. The number of amides is 1. The van der Waals surface area contributed by atoms with Crippen LogP contribution in [0.5, 0.6) is 0 Å². The average Bonchev–Trinajstić information content (AvgIpc) is 2.42. The van der Waals surface area contributed by atoms with Crippen LogP contribution in [0, 0.1) is 0 Å². The predicted molar refractivity (Wildman–Crippen MR) is 72.7 cm³/mol. The minimum Gasteiger partial charge on any atom is -0.395 e. The first-order chi connectivity index (χ1) is 8.77. The summed E-state index contributed by atoms with van der Waals surface area (Å²) in [4.78, 5) is 14.6. The van der Waals surface area contributed by atoms with Crippen molar-refractivity contribution in [3.8, 4) is 0 Å². The average molecular weight is 269 g/mol. The largest absolute Gasteiger partial charge is 0.395 e. The van der Waals surface area contributed by atoms with Crippen LogP contribution in [0.25, 0.3) is 0 Å². The number of carbonyl (C=O) groups is 1. The third-order valence-electron chi connectivity index (χ3n) is 2.39. The lowest BCUT2D eigenvalue weighted by Gasteiger charge is -2.21. The van der Waals surface area contributed by atoms with Crippen molar-refractivity contribution < 1.29 is 14.6 Å². The Morgan fingerprint density at radius 3 is 2.67 bits per heavy atom. The lowest BCUT2D eigenvalue weighted by molar-refractivity contribution is -0.129. The molecule has 0 unspecified atom stereocenters. The molecular weight excluding hydrogens is 250 g/mol. The van der Waals surface area contributed by atoms with Gasteiger partial charge < -0.3 is 14.7 Å². The van der Waals surface area contributed by atoms with E-state index in [0.717, 1.165) is 4.90 Å². The summed E-state index contributed by atoms with van der Waals surface area (Å²) in [5.74, 6) is 0.406. The van der Waals surface area contributed by atoms with Crippen molar-refractivity contribution in [3.05, 3.63) is 30.3 Å². The summed E-state index contributed by atoms with van der Waals surface area (Å²) in [7, 11) is 1.60. The number of methoxy groups -OCH3 is 1. The molecule has 0 saturated heterocycles. The van der Waals surface area contributed by atoms with Crippen LogP contribution in [0.2, 0.25) is 0 Å². The number of carbonyl (C=O) groups excluding carboxylic acids is 1. The van der Waals surface area contributed by atoms with Gasteiger partial charge in [0.1, 0.15) is 0 Å². The Morgan fingerprint density at radius 2 is 2.06 bits per heavy atom. The summed E-state index contributed by atoms with van der Waals surface area (Å²) in [5, 5.41) is 8.93. The van der Waals surface area contributed by atoms with Crippen LogP contribution in [0.1, 0.15) is 0 Å². The molecular formula is C13H19NO3S. The van der Waals surface area contributed by atoms with Crippen molar-refractivity contribution in [1.82, 2.24) is 4.90 Å². The molecule has 0 saturated carbocycles. The van der Waals surface area contributed by atoms with Crippen LogP contribution < -0.4 is 0 Å². The Morgan fingerprint density at radius 1 is 1.33 bits per heavy atom. The van der Waals surface area contributed by atoms with Crippen molar-refractivity contribution in [3.63, 3.8) is 0 Å². The van der Waals surface area contributed by atoms with E-state index >= 15 is 0 Å². The van der Waals surface area contributed by atoms with Gasteiger partial charge in [-0.15, -0.1) is 11.8 Å². The molecule has 1 aromatic carbocycles. The van der Waals surface area contributed by atoms with E-state index in [2.05, 4.69) is 0 Å². The van der Waals surface area contributed by atoms with Crippen molar-refractivity contribution in [1.29, 1.82) is 0 Å². The Bertz CT molecular complexity index is 345. The van der Waals surface area contributed by atoms with Gasteiger partial charge in [0.05, 0.1) is 19.0 Å². The van der Waals surface area contributed by atoms with Crippen LogP contribution in [-0.2, 0) is 9.53 Å². The molecule has 0 radical (unpaired) electrons. The van der Waals surface area contributed by atoms with Crippen molar-refractivity contribution in [2.24, 2.45) is 0 Å². The number of thioether (sulfide) groups is 1. The van der Waals surface area contributed by atoms with Crippen LogP contribution in [0.15, 0.2) is 35.2 Å². The van der Waals surface area contributed by atoms with Crippen LogP contribution >= 0.6 is 11.8 Å². The first-order valence-electron chi connectivity index (χ1n) is 5.83. The molecule has 1 amide bonds. The minimum atomic E-state index is -0.0224. The fraction of sp³-hybridized carbons (Fsp3) is 0.462. The predicted octanol–water partition coefficient (Wildman–Crippen LogP) is 1.25. The second-order valence-electron chi connectivity index (χ2n) is 3.70. The molecule has 0 fully saturated rings. The maximum atomic E-state index is 12.0. The quantitative estimate of drug-likeness (QED) is 0.722. The van der Waals surface area contributed by atoms with Gasteiger partial charge in [-0.05, 0) is 12.1 Å². The summed E-state index contributed by atoms with van der Waals surface area (Å²) >= 11 is 1.50. The van der Waals surface area contributed by atoms with Gasteiger partial charge in [0.25, 0.3) is 0 Å². The van der Waals surface area contributed by atoms with Gasteiger partial charge in [-0.3, -0.25) is 4.79 Å². The molecule has 4 nitrogen and oxygen atoms in total. The molecule has 18 heavy (non-hydrogen) atoms. The topological polar surface area (TPSA) is 49.8 Å². The van der Waals surface area contributed by atoms with E-state index in [1.54, 1.807) is 12.0 Å². The van der Waals surface area contributed by atoms with E-state index in [9.17, 15) is 4.79 Å². The second-order valence-corrected chi connectivity index (χ2v) is 4.75. The molecule has 0 atom stereocenters.